The van der Waals surface area contributed by atoms with E-state index in [1.54, 1.807) is 12.1 Å². The average Bonchev–Trinajstić information content (AvgIpc) is 2.51. The molecule has 116 valence electrons. The maximum atomic E-state index is 13.5. The van der Waals surface area contributed by atoms with Crippen molar-refractivity contribution >= 4 is 5.97 Å². The van der Waals surface area contributed by atoms with E-state index < -0.39 is 17.5 Å². The monoisotopic (exact) mass is 308 g/mol. The summed E-state index contributed by atoms with van der Waals surface area (Å²) in [6.07, 6.45) is 0.939. The maximum Gasteiger partial charge on any atom is 0.309 e. The van der Waals surface area contributed by atoms with E-state index in [0.29, 0.717) is 12.5 Å². The molecule has 0 bridgehead atoms. The molecule has 0 aliphatic carbocycles. The highest BCUT2D eigenvalue weighted by Crippen LogP contribution is 2.16. The summed E-state index contributed by atoms with van der Waals surface area (Å²) in [6.45, 7) is 0. The molecule has 0 fully saturated rings. The van der Waals surface area contributed by atoms with Gasteiger partial charge in [0.2, 0.25) is 0 Å². The Hall–Kier alpha value is -2.30. The Morgan fingerprint density at radius 3 is 2.14 bits per heavy atom. The van der Waals surface area contributed by atoms with Crippen LogP contribution in [0.4, 0.5) is 13.2 Å². The topological polar surface area (TPSA) is 26.3 Å². The van der Waals surface area contributed by atoms with Gasteiger partial charge < -0.3 is 4.74 Å². The van der Waals surface area contributed by atoms with Gasteiger partial charge in [-0.25, -0.2) is 13.2 Å². The van der Waals surface area contributed by atoms with Gasteiger partial charge in [0.25, 0.3) is 0 Å². The third-order valence-electron chi connectivity index (χ3n) is 3.37. The predicted octanol–water partition coefficient (Wildman–Crippen LogP) is 3.60. The third kappa shape index (κ3) is 4.10. The van der Waals surface area contributed by atoms with E-state index >= 15 is 0 Å². The number of halogens is 3. The summed E-state index contributed by atoms with van der Waals surface area (Å²) in [5.74, 6) is -3.31. The smallest absolute Gasteiger partial charge is 0.309 e. The lowest BCUT2D eigenvalue weighted by atomic mass is 10.0. The lowest BCUT2D eigenvalue weighted by Gasteiger charge is -2.06. The molecule has 0 saturated carbocycles. The maximum absolute atomic E-state index is 13.5. The average molecular weight is 308 g/mol. The second kappa shape index (κ2) is 7.11. The summed E-state index contributed by atoms with van der Waals surface area (Å²) in [5.41, 5.74) is 1.87. The summed E-state index contributed by atoms with van der Waals surface area (Å²) >= 11 is 0. The fourth-order valence-corrected chi connectivity index (χ4v) is 2.10. The molecule has 2 aromatic carbocycles. The minimum absolute atomic E-state index is 0.137. The zero-order valence-electron chi connectivity index (χ0n) is 12.0. The van der Waals surface area contributed by atoms with Crippen LogP contribution in [-0.2, 0) is 28.8 Å². The molecule has 0 atom stereocenters. The Balaban J connectivity index is 2.00. The van der Waals surface area contributed by atoms with Crippen molar-refractivity contribution in [3.63, 3.8) is 0 Å². The molecule has 22 heavy (non-hydrogen) atoms. The first-order valence-electron chi connectivity index (χ1n) is 6.77. The van der Waals surface area contributed by atoms with Crippen LogP contribution in [0.15, 0.2) is 36.4 Å². The molecule has 0 aromatic heterocycles. The standard InChI is InChI=1S/C17H15F3O2/c1-22-17(21)8-12-4-2-11(3-5-12)6-7-13-9-15(19)16(20)10-14(13)18/h2-5,9-10H,6-8H2,1H3. The first kappa shape index (κ1) is 16.1. The lowest BCUT2D eigenvalue weighted by Crippen LogP contribution is -2.04. The number of benzene rings is 2. The number of hydrogen-bond acceptors (Lipinski definition) is 2. The minimum Gasteiger partial charge on any atom is -0.469 e. The van der Waals surface area contributed by atoms with Crippen LogP contribution in [-0.4, -0.2) is 13.1 Å². The van der Waals surface area contributed by atoms with Crippen LogP contribution in [0, 0.1) is 17.5 Å². The van der Waals surface area contributed by atoms with Gasteiger partial charge in [0.15, 0.2) is 11.6 Å². The van der Waals surface area contributed by atoms with Crippen LogP contribution >= 0.6 is 0 Å². The number of methoxy groups -OCH3 is 1. The molecule has 0 radical (unpaired) electrons. The van der Waals surface area contributed by atoms with Gasteiger partial charge in [-0.1, -0.05) is 24.3 Å². The van der Waals surface area contributed by atoms with Crippen LogP contribution in [0.5, 0.6) is 0 Å². The Morgan fingerprint density at radius 2 is 1.50 bits per heavy atom. The van der Waals surface area contributed by atoms with Crippen LogP contribution in [0.25, 0.3) is 0 Å². The Bertz CT molecular complexity index is 666. The fraction of sp³-hybridized carbons (Fsp3) is 0.235. The summed E-state index contributed by atoms with van der Waals surface area (Å²) in [4.78, 5) is 11.1. The van der Waals surface area contributed by atoms with Crippen LogP contribution < -0.4 is 0 Å². The number of esters is 1. The first-order valence-corrected chi connectivity index (χ1v) is 6.77. The van der Waals surface area contributed by atoms with Crippen molar-refractivity contribution in [1.82, 2.24) is 0 Å². The van der Waals surface area contributed by atoms with Crippen molar-refractivity contribution in [2.24, 2.45) is 0 Å². The number of aryl methyl sites for hydroxylation is 2. The van der Waals surface area contributed by atoms with Crippen LogP contribution in [0.1, 0.15) is 16.7 Å². The number of rotatable bonds is 5. The molecule has 0 unspecified atom stereocenters. The molecular weight excluding hydrogens is 293 g/mol. The summed E-state index contributed by atoms with van der Waals surface area (Å²) in [7, 11) is 1.33. The number of carbonyl (C=O) groups excluding carboxylic acids is 1. The second-order valence-corrected chi connectivity index (χ2v) is 4.93. The van der Waals surface area contributed by atoms with Gasteiger partial charge in [-0.2, -0.15) is 0 Å². The van der Waals surface area contributed by atoms with Crippen molar-refractivity contribution in [3.8, 4) is 0 Å². The van der Waals surface area contributed by atoms with Gasteiger partial charge in [-0.05, 0) is 35.6 Å². The molecule has 0 aliphatic rings. The fourth-order valence-electron chi connectivity index (χ4n) is 2.10. The van der Waals surface area contributed by atoms with Crippen LogP contribution in [0.2, 0.25) is 0 Å². The van der Waals surface area contributed by atoms with Gasteiger partial charge in [-0.3, -0.25) is 4.79 Å². The predicted molar refractivity (Wildman–Crippen MR) is 75.9 cm³/mol. The largest absolute Gasteiger partial charge is 0.469 e. The van der Waals surface area contributed by atoms with Gasteiger partial charge in [0.1, 0.15) is 5.82 Å². The minimum atomic E-state index is -1.19. The van der Waals surface area contributed by atoms with Gasteiger partial charge in [0.05, 0.1) is 13.5 Å². The summed E-state index contributed by atoms with van der Waals surface area (Å²) in [6, 6.07) is 8.65. The van der Waals surface area contributed by atoms with E-state index in [1.807, 2.05) is 12.1 Å². The zero-order valence-corrected chi connectivity index (χ0v) is 12.0. The molecule has 0 saturated heterocycles. The van der Waals surface area contributed by atoms with Crippen molar-refractivity contribution in [3.05, 3.63) is 70.5 Å². The van der Waals surface area contributed by atoms with E-state index in [1.165, 1.54) is 7.11 Å². The Kier molecular flexibility index (Phi) is 5.20. The highest BCUT2D eigenvalue weighted by atomic mass is 19.2. The van der Waals surface area contributed by atoms with Gasteiger partial charge in [0, 0.05) is 6.07 Å². The lowest BCUT2D eigenvalue weighted by molar-refractivity contribution is -0.139. The molecule has 0 N–H and O–H groups in total. The normalized spacial score (nSPS) is 10.5. The molecule has 0 spiro atoms. The van der Waals surface area contributed by atoms with E-state index in [2.05, 4.69) is 4.74 Å². The van der Waals surface area contributed by atoms with E-state index in [4.69, 9.17) is 0 Å². The SMILES string of the molecule is COC(=O)Cc1ccc(CCc2cc(F)c(F)cc2F)cc1. The summed E-state index contributed by atoms with van der Waals surface area (Å²) in [5, 5.41) is 0. The Morgan fingerprint density at radius 1 is 0.909 bits per heavy atom. The Labute approximate surface area is 126 Å². The van der Waals surface area contributed by atoms with Crippen molar-refractivity contribution in [2.45, 2.75) is 19.3 Å². The molecule has 2 aromatic rings. The van der Waals surface area contributed by atoms with Gasteiger partial charge >= 0.3 is 5.97 Å². The zero-order chi connectivity index (χ0) is 16.1. The third-order valence-corrected chi connectivity index (χ3v) is 3.37. The molecular formula is C17H15F3O2. The molecule has 5 heteroatoms. The molecule has 0 amide bonds. The quantitative estimate of drug-likeness (QED) is 0.623. The molecule has 0 aliphatic heterocycles. The number of carbonyl (C=O) groups is 1. The molecule has 2 nitrogen and oxygen atoms in total. The second-order valence-electron chi connectivity index (χ2n) is 4.93. The number of hydrogen-bond donors (Lipinski definition) is 0. The summed E-state index contributed by atoms with van der Waals surface area (Å²) < 4.78 is 44.1. The van der Waals surface area contributed by atoms with Crippen molar-refractivity contribution < 1.29 is 22.7 Å². The molecule has 2 rings (SSSR count). The van der Waals surface area contributed by atoms with E-state index in [0.717, 1.165) is 17.2 Å². The highest BCUT2D eigenvalue weighted by Gasteiger charge is 2.10. The van der Waals surface area contributed by atoms with E-state index in [9.17, 15) is 18.0 Å². The van der Waals surface area contributed by atoms with Gasteiger partial charge in [-0.15, -0.1) is 0 Å². The van der Waals surface area contributed by atoms with E-state index in [-0.39, 0.29) is 24.4 Å². The first-order chi connectivity index (χ1) is 10.5. The highest BCUT2D eigenvalue weighted by molar-refractivity contribution is 5.72. The number of ether oxygens (including phenoxy) is 1. The van der Waals surface area contributed by atoms with Crippen LogP contribution in [0.3, 0.4) is 0 Å². The molecule has 0 heterocycles. The van der Waals surface area contributed by atoms with Crippen molar-refractivity contribution in [2.75, 3.05) is 7.11 Å². The van der Waals surface area contributed by atoms with Crippen molar-refractivity contribution in [1.29, 1.82) is 0 Å².